The number of ether oxygens (including phenoxy) is 1. The fraction of sp³-hybridized carbons (Fsp3) is 0.571. The zero-order valence-corrected chi connectivity index (χ0v) is 10.5. The third-order valence-corrected chi connectivity index (χ3v) is 2.46. The molecule has 0 radical (unpaired) electrons. The Balaban J connectivity index is 2.65. The van der Waals surface area contributed by atoms with Crippen molar-refractivity contribution in [3.63, 3.8) is 0 Å². The number of phenolic OH excluding ortho intramolecular Hbond substituents is 1. The maximum absolute atomic E-state index is 9.63. The fourth-order valence-corrected chi connectivity index (χ4v) is 1.64. The number of hydrogen-bond acceptors (Lipinski definition) is 2. The molecule has 1 aromatic rings. The van der Waals surface area contributed by atoms with Crippen molar-refractivity contribution in [2.45, 2.75) is 52.6 Å². The second-order valence-electron chi connectivity index (χ2n) is 4.43. The number of unbranched alkanes of at least 4 members (excludes halogenated alkanes) is 2. The van der Waals surface area contributed by atoms with E-state index in [1.165, 1.54) is 24.8 Å². The number of phenols is 1. The van der Waals surface area contributed by atoms with Crippen molar-refractivity contribution in [2.75, 3.05) is 0 Å². The van der Waals surface area contributed by atoms with Gasteiger partial charge in [0.2, 0.25) is 0 Å². The van der Waals surface area contributed by atoms with Gasteiger partial charge in [0.15, 0.2) is 11.5 Å². The van der Waals surface area contributed by atoms with Crippen LogP contribution < -0.4 is 4.74 Å². The Morgan fingerprint density at radius 2 is 2.00 bits per heavy atom. The highest BCUT2D eigenvalue weighted by molar-refractivity contribution is 5.41. The normalized spacial score (nSPS) is 10.8. The molecule has 0 aliphatic rings. The van der Waals surface area contributed by atoms with Crippen LogP contribution in [0.1, 0.15) is 45.6 Å². The largest absolute Gasteiger partial charge is 0.504 e. The molecule has 1 N–H and O–H groups in total. The summed E-state index contributed by atoms with van der Waals surface area (Å²) >= 11 is 0. The third kappa shape index (κ3) is 4.13. The van der Waals surface area contributed by atoms with Crippen LogP contribution in [0.25, 0.3) is 0 Å². The van der Waals surface area contributed by atoms with Crippen LogP contribution in [-0.2, 0) is 6.42 Å². The van der Waals surface area contributed by atoms with Gasteiger partial charge in [0.05, 0.1) is 6.10 Å². The van der Waals surface area contributed by atoms with Gasteiger partial charge in [-0.3, -0.25) is 0 Å². The molecule has 0 fully saturated rings. The van der Waals surface area contributed by atoms with Crippen LogP contribution >= 0.6 is 0 Å². The molecule has 0 unspecified atom stereocenters. The maximum atomic E-state index is 9.63. The molecule has 0 heterocycles. The van der Waals surface area contributed by atoms with Gasteiger partial charge in [-0.15, -0.1) is 0 Å². The van der Waals surface area contributed by atoms with Crippen LogP contribution in [-0.4, -0.2) is 11.2 Å². The van der Waals surface area contributed by atoms with E-state index in [4.69, 9.17) is 4.74 Å². The molecule has 0 amide bonds. The first-order chi connectivity index (χ1) is 7.63. The van der Waals surface area contributed by atoms with Gasteiger partial charge in [-0.05, 0) is 44.4 Å². The molecule has 0 aliphatic heterocycles. The summed E-state index contributed by atoms with van der Waals surface area (Å²) in [7, 11) is 0. The minimum absolute atomic E-state index is 0.0943. The molecular weight excluding hydrogens is 200 g/mol. The molecule has 0 saturated heterocycles. The van der Waals surface area contributed by atoms with E-state index in [1.807, 2.05) is 26.0 Å². The Labute approximate surface area is 98.3 Å². The molecule has 90 valence electrons. The van der Waals surface area contributed by atoms with Gasteiger partial charge in [0, 0.05) is 0 Å². The smallest absolute Gasteiger partial charge is 0.161 e. The Morgan fingerprint density at radius 1 is 1.25 bits per heavy atom. The topological polar surface area (TPSA) is 29.5 Å². The molecule has 16 heavy (non-hydrogen) atoms. The molecule has 2 nitrogen and oxygen atoms in total. The van der Waals surface area contributed by atoms with E-state index in [1.54, 1.807) is 6.07 Å². The zero-order valence-electron chi connectivity index (χ0n) is 10.5. The van der Waals surface area contributed by atoms with E-state index < -0.39 is 0 Å². The summed E-state index contributed by atoms with van der Waals surface area (Å²) in [5, 5.41) is 9.63. The van der Waals surface area contributed by atoms with Gasteiger partial charge in [-0.25, -0.2) is 0 Å². The minimum Gasteiger partial charge on any atom is -0.504 e. The Morgan fingerprint density at radius 3 is 2.62 bits per heavy atom. The number of aryl methyl sites for hydroxylation is 1. The first kappa shape index (κ1) is 12.9. The van der Waals surface area contributed by atoms with Crippen LogP contribution in [0, 0.1) is 0 Å². The van der Waals surface area contributed by atoms with E-state index in [9.17, 15) is 5.11 Å². The molecular formula is C14H22O2. The van der Waals surface area contributed by atoms with Gasteiger partial charge in [0.1, 0.15) is 0 Å². The summed E-state index contributed by atoms with van der Waals surface area (Å²) in [5.74, 6) is 0.830. The van der Waals surface area contributed by atoms with Crippen molar-refractivity contribution in [1.29, 1.82) is 0 Å². The highest BCUT2D eigenvalue weighted by Crippen LogP contribution is 2.28. The van der Waals surface area contributed by atoms with Gasteiger partial charge in [-0.1, -0.05) is 25.8 Å². The van der Waals surface area contributed by atoms with Crippen LogP contribution in [0.4, 0.5) is 0 Å². The lowest BCUT2D eigenvalue weighted by atomic mass is 10.1. The lowest BCUT2D eigenvalue weighted by Gasteiger charge is -2.12. The van der Waals surface area contributed by atoms with Crippen molar-refractivity contribution in [3.8, 4) is 11.5 Å². The molecule has 0 saturated carbocycles. The Kier molecular flexibility index (Phi) is 5.17. The first-order valence-corrected chi connectivity index (χ1v) is 6.12. The van der Waals surface area contributed by atoms with Crippen molar-refractivity contribution in [2.24, 2.45) is 0 Å². The predicted molar refractivity (Wildman–Crippen MR) is 67.1 cm³/mol. The first-order valence-electron chi connectivity index (χ1n) is 6.12. The summed E-state index contributed by atoms with van der Waals surface area (Å²) in [6.07, 6.45) is 4.83. The molecule has 0 bridgehead atoms. The van der Waals surface area contributed by atoms with E-state index in [0.29, 0.717) is 5.75 Å². The van der Waals surface area contributed by atoms with E-state index >= 15 is 0 Å². The van der Waals surface area contributed by atoms with Crippen LogP contribution in [0.15, 0.2) is 18.2 Å². The van der Waals surface area contributed by atoms with Gasteiger partial charge in [-0.2, -0.15) is 0 Å². The fourth-order valence-electron chi connectivity index (χ4n) is 1.64. The van der Waals surface area contributed by atoms with Crippen molar-refractivity contribution >= 4 is 0 Å². The maximum Gasteiger partial charge on any atom is 0.161 e. The van der Waals surface area contributed by atoms with E-state index in [-0.39, 0.29) is 11.9 Å². The Hall–Kier alpha value is -1.18. The summed E-state index contributed by atoms with van der Waals surface area (Å²) in [6.45, 7) is 6.12. The zero-order chi connectivity index (χ0) is 12.0. The SMILES string of the molecule is CCCCCc1ccc(O)c(OC(C)C)c1. The average molecular weight is 222 g/mol. The second kappa shape index (κ2) is 6.41. The average Bonchev–Trinajstić information content (AvgIpc) is 2.22. The summed E-state index contributed by atoms with van der Waals surface area (Å²) < 4.78 is 5.54. The lowest BCUT2D eigenvalue weighted by Crippen LogP contribution is -2.05. The summed E-state index contributed by atoms with van der Waals surface area (Å²) in [4.78, 5) is 0. The second-order valence-corrected chi connectivity index (χ2v) is 4.43. The van der Waals surface area contributed by atoms with Crippen molar-refractivity contribution in [3.05, 3.63) is 23.8 Å². The summed E-state index contributed by atoms with van der Waals surface area (Å²) in [6, 6.07) is 5.64. The third-order valence-electron chi connectivity index (χ3n) is 2.46. The molecule has 0 spiro atoms. The van der Waals surface area contributed by atoms with Gasteiger partial charge < -0.3 is 9.84 Å². The monoisotopic (exact) mass is 222 g/mol. The standard InChI is InChI=1S/C14H22O2/c1-4-5-6-7-12-8-9-13(15)14(10-12)16-11(2)3/h8-11,15H,4-7H2,1-3H3. The van der Waals surface area contributed by atoms with Gasteiger partial charge in [0.25, 0.3) is 0 Å². The highest BCUT2D eigenvalue weighted by atomic mass is 16.5. The minimum atomic E-state index is 0.0943. The number of benzene rings is 1. The molecule has 0 atom stereocenters. The van der Waals surface area contributed by atoms with E-state index in [2.05, 4.69) is 6.92 Å². The van der Waals surface area contributed by atoms with Crippen LogP contribution in [0.2, 0.25) is 0 Å². The Bertz CT molecular complexity index is 319. The van der Waals surface area contributed by atoms with Gasteiger partial charge >= 0.3 is 0 Å². The van der Waals surface area contributed by atoms with Crippen LogP contribution in [0.5, 0.6) is 11.5 Å². The quantitative estimate of drug-likeness (QED) is 0.739. The number of rotatable bonds is 6. The predicted octanol–water partition coefficient (Wildman–Crippen LogP) is 3.91. The molecule has 0 aromatic heterocycles. The molecule has 0 aliphatic carbocycles. The molecule has 1 aromatic carbocycles. The summed E-state index contributed by atoms with van der Waals surface area (Å²) in [5.41, 5.74) is 1.24. The lowest BCUT2D eigenvalue weighted by molar-refractivity contribution is 0.231. The highest BCUT2D eigenvalue weighted by Gasteiger charge is 2.05. The van der Waals surface area contributed by atoms with E-state index in [0.717, 1.165) is 6.42 Å². The van der Waals surface area contributed by atoms with Crippen LogP contribution in [0.3, 0.4) is 0 Å². The number of aromatic hydroxyl groups is 1. The molecule has 1 rings (SSSR count). The number of hydrogen-bond donors (Lipinski definition) is 1. The van der Waals surface area contributed by atoms with Crippen molar-refractivity contribution in [1.82, 2.24) is 0 Å². The van der Waals surface area contributed by atoms with Crippen molar-refractivity contribution < 1.29 is 9.84 Å². The molecule has 2 heteroatoms.